The Morgan fingerprint density at radius 1 is 0.896 bits per heavy atom. The Morgan fingerprint density at radius 2 is 1.60 bits per heavy atom. The van der Waals surface area contributed by atoms with Gasteiger partial charge in [-0.05, 0) is 78.6 Å². The number of ether oxygens (including phenoxy) is 2. The van der Waals surface area contributed by atoms with Gasteiger partial charge in [-0.3, -0.25) is 4.79 Å². The van der Waals surface area contributed by atoms with Crippen molar-refractivity contribution in [1.29, 1.82) is 0 Å². The summed E-state index contributed by atoms with van der Waals surface area (Å²) < 4.78 is 12.5. The van der Waals surface area contributed by atoms with E-state index in [1.54, 1.807) is 18.9 Å². The molecule has 0 radical (unpaired) electrons. The number of benzene rings is 4. The fourth-order valence-corrected chi connectivity index (χ4v) is 8.94. The molecule has 7 rings (SSSR count). The van der Waals surface area contributed by atoms with Gasteiger partial charge in [0.2, 0.25) is 5.91 Å². The summed E-state index contributed by atoms with van der Waals surface area (Å²) in [5.41, 5.74) is 6.57. The third-order valence-corrected chi connectivity index (χ3v) is 11.2. The van der Waals surface area contributed by atoms with E-state index in [1.807, 2.05) is 40.9 Å². The predicted octanol–water partition coefficient (Wildman–Crippen LogP) is 6.76. The molecule has 2 fully saturated rings. The summed E-state index contributed by atoms with van der Waals surface area (Å²) in [6, 6.07) is 32.2. The Labute approximate surface area is 285 Å². The van der Waals surface area contributed by atoms with Crippen LogP contribution in [-0.2, 0) is 11.3 Å². The average Bonchev–Trinajstić information content (AvgIpc) is 3.64. The lowest BCUT2D eigenvalue weighted by atomic mass is 9.88. The van der Waals surface area contributed by atoms with Gasteiger partial charge in [0.15, 0.2) is 5.82 Å². The SMILES string of the molecule is COc1ccc(Cn2nnnc2C2N3C(=O)C(N(c4ccccc4C)C(c4ccccc4)c4ccccc4C)[C@H]3SC2(C)C)c(OC)c1. The molecule has 1 amide bonds. The molecule has 0 aliphatic carbocycles. The van der Waals surface area contributed by atoms with E-state index in [9.17, 15) is 4.79 Å². The molecule has 0 saturated carbocycles. The minimum Gasteiger partial charge on any atom is -0.497 e. The summed E-state index contributed by atoms with van der Waals surface area (Å²) in [7, 11) is 3.27. The second-order valence-corrected chi connectivity index (χ2v) is 14.7. The number of rotatable bonds is 10. The zero-order valence-electron chi connectivity index (χ0n) is 28.1. The lowest BCUT2D eigenvalue weighted by molar-refractivity contribution is -0.148. The molecule has 4 aromatic carbocycles. The number of tetrazole rings is 1. The van der Waals surface area contributed by atoms with Crippen LogP contribution in [0.2, 0.25) is 0 Å². The minimum atomic E-state index is -0.406. The van der Waals surface area contributed by atoms with Gasteiger partial charge in [-0.1, -0.05) is 72.8 Å². The average molecular weight is 661 g/mol. The third kappa shape index (κ3) is 5.38. The second kappa shape index (κ2) is 12.6. The number of aromatic nitrogens is 4. The molecule has 5 aromatic rings. The van der Waals surface area contributed by atoms with E-state index in [2.05, 4.69) is 121 Å². The van der Waals surface area contributed by atoms with Crippen LogP contribution in [-0.4, -0.2) is 61.4 Å². The van der Waals surface area contributed by atoms with Crippen molar-refractivity contribution in [2.75, 3.05) is 19.1 Å². The Bertz CT molecular complexity index is 1950. The van der Waals surface area contributed by atoms with E-state index in [0.29, 0.717) is 23.9 Å². The molecule has 48 heavy (non-hydrogen) atoms. The summed E-state index contributed by atoms with van der Waals surface area (Å²) in [5.74, 6) is 2.11. The molecule has 2 aliphatic heterocycles. The van der Waals surface area contributed by atoms with Gasteiger partial charge in [0.25, 0.3) is 0 Å². The number of para-hydroxylation sites is 1. The van der Waals surface area contributed by atoms with E-state index in [-0.39, 0.29) is 28.1 Å². The van der Waals surface area contributed by atoms with Crippen LogP contribution >= 0.6 is 11.8 Å². The number of fused-ring (bicyclic) bond motifs is 1. The van der Waals surface area contributed by atoms with Crippen LogP contribution in [0.25, 0.3) is 0 Å². The number of nitrogens with zero attached hydrogens (tertiary/aromatic N) is 6. The zero-order chi connectivity index (χ0) is 33.6. The first-order chi connectivity index (χ1) is 23.2. The zero-order valence-corrected chi connectivity index (χ0v) is 28.9. The number of aryl methyl sites for hydroxylation is 2. The molecule has 4 atom stereocenters. The molecule has 2 saturated heterocycles. The molecule has 2 aliphatic rings. The van der Waals surface area contributed by atoms with Crippen molar-refractivity contribution in [3.05, 3.63) is 131 Å². The molecular weight excluding hydrogens is 621 g/mol. The normalized spacial score (nSPS) is 20.2. The number of anilines is 1. The summed E-state index contributed by atoms with van der Waals surface area (Å²) >= 11 is 1.82. The number of β-lactam (4-membered cyclic amide) rings is 1. The fraction of sp³-hybridized carbons (Fsp3) is 0.316. The topological polar surface area (TPSA) is 85.6 Å². The molecule has 10 heteroatoms. The first-order valence-electron chi connectivity index (χ1n) is 16.1. The minimum absolute atomic E-state index is 0.0671. The van der Waals surface area contributed by atoms with Crippen LogP contribution in [0.15, 0.2) is 97.1 Å². The highest BCUT2D eigenvalue weighted by Gasteiger charge is 2.65. The van der Waals surface area contributed by atoms with Crippen LogP contribution < -0.4 is 14.4 Å². The van der Waals surface area contributed by atoms with Gasteiger partial charge in [0, 0.05) is 22.1 Å². The quantitative estimate of drug-likeness (QED) is 0.152. The van der Waals surface area contributed by atoms with Gasteiger partial charge in [-0.2, -0.15) is 0 Å². The molecule has 246 valence electrons. The van der Waals surface area contributed by atoms with Crippen molar-refractivity contribution < 1.29 is 14.3 Å². The summed E-state index contributed by atoms with van der Waals surface area (Å²) in [6.07, 6.45) is 0. The van der Waals surface area contributed by atoms with Crippen LogP contribution in [0.3, 0.4) is 0 Å². The molecule has 0 bridgehead atoms. The Morgan fingerprint density at radius 3 is 2.31 bits per heavy atom. The maximum Gasteiger partial charge on any atom is 0.250 e. The number of amides is 1. The maximum atomic E-state index is 14.8. The Hall–Kier alpha value is -4.83. The van der Waals surface area contributed by atoms with Crippen LogP contribution in [0, 0.1) is 13.8 Å². The fourth-order valence-electron chi connectivity index (χ4n) is 7.25. The van der Waals surface area contributed by atoms with Gasteiger partial charge >= 0.3 is 0 Å². The van der Waals surface area contributed by atoms with Crippen LogP contribution in [0.1, 0.15) is 59.6 Å². The van der Waals surface area contributed by atoms with Gasteiger partial charge in [0.05, 0.1) is 26.8 Å². The molecular formula is C38H40N6O3S. The van der Waals surface area contributed by atoms with Crippen LogP contribution in [0.4, 0.5) is 5.69 Å². The summed E-state index contributed by atoms with van der Waals surface area (Å²) in [6.45, 7) is 9.04. The predicted molar refractivity (Wildman–Crippen MR) is 188 cm³/mol. The van der Waals surface area contributed by atoms with E-state index < -0.39 is 6.04 Å². The van der Waals surface area contributed by atoms with E-state index in [1.165, 1.54) is 11.1 Å². The first kappa shape index (κ1) is 31.8. The smallest absolute Gasteiger partial charge is 0.250 e. The third-order valence-electron chi connectivity index (χ3n) is 9.60. The molecule has 0 spiro atoms. The summed E-state index contributed by atoms with van der Waals surface area (Å²) in [4.78, 5) is 19.2. The highest BCUT2D eigenvalue weighted by molar-refractivity contribution is 8.01. The standard InChI is InChI=1S/C38H40N6O3S/c1-24-14-10-12-18-29(24)32(26-16-8-7-9-17-26)43(30-19-13-11-15-25(30)2)33-36(45)44-34(38(3,4)48-37(33)44)35-39-40-41-42(35)23-27-20-21-28(46-5)22-31(27)47-6/h7-22,32-34,37H,23H2,1-6H3/t32?,33?,34?,37-/m1/s1. The van der Waals surface area contributed by atoms with Crippen LogP contribution in [0.5, 0.6) is 11.5 Å². The lowest BCUT2D eigenvalue weighted by Gasteiger charge is -2.52. The number of hydrogen-bond acceptors (Lipinski definition) is 8. The van der Waals surface area contributed by atoms with Crippen molar-refractivity contribution in [2.45, 2.75) is 62.5 Å². The largest absolute Gasteiger partial charge is 0.497 e. The molecule has 3 unspecified atom stereocenters. The van der Waals surface area contributed by atoms with E-state index >= 15 is 0 Å². The molecule has 9 nitrogen and oxygen atoms in total. The highest BCUT2D eigenvalue weighted by Crippen LogP contribution is 2.59. The molecule has 3 heterocycles. The second-order valence-electron chi connectivity index (χ2n) is 12.9. The van der Waals surface area contributed by atoms with Gasteiger partial charge < -0.3 is 19.3 Å². The number of hydrogen-bond donors (Lipinski definition) is 0. The first-order valence-corrected chi connectivity index (χ1v) is 17.0. The Balaban J connectivity index is 1.30. The van der Waals surface area contributed by atoms with Gasteiger partial charge in [-0.15, -0.1) is 16.9 Å². The number of carbonyl (C=O) groups excluding carboxylic acids is 1. The molecule has 0 N–H and O–H groups in total. The highest BCUT2D eigenvalue weighted by atomic mass is 32.2. The molecule has 1 aromatic heterocycles. The maximum absolute atomic E-state index is 14.8. The van der Waals surface area contributed by atoms with Crippen molar-refractivity contribution in [1.82, 2.24) is 25.1 Å². The van der Waals surface area contributed by atoms with E-state index in [0.717, 1.165) is 22.4 Å². The van der Waals surface area contributed by atoms with Crippen molar-refractivity contribution in [3.63, 3.8) is 0 Å². The van der Waals surface area contributed by atoms with Gasteiger partial charge in [0.1, 0.15) is 29.0 Å². The van der Waals surface area contributed by atoms with Crippen molar-refractivity contribution in [3.8, 4) is 11.5 Å². The summed E-state index contributed by atoms with van der Waals surface area (Å²) in [5, 5.41) is 12.9. The lowest BCUT2D eigenvalue weighted by Crippen LogP contribution is -2.69. The number of thioether (sulfide) groups is 1. The monoisotopic (exact) mass is 660 g/mol. The Kier molecular flexibility index (Phi) is 8.37. The van der Waals surface area contributed by atoms with Crippen molar-refractivity contribution >= 4 is 23.4 Å². The van der Waals surface area contributed by atoms with E-state index in [4.69, 9.17) is 9.47 Å². The number of methoxy groups -OCH3 is 2. The van der Waals surface area contributed by atoms with Crippen molar-refractivity contribution in [2.24, 2.45) is 0 Å². The van der Waals surface area contributed by atoms with Gasteiger partial charge in [-0.25, -0.2) is 4.68 Å². The number of carbonyl (C=O) groups is 1.